The van der Waals surface area contributed by atoms with Crippen LogP contribution >= 0.6 is 35.3 Å². The molecule has 3 heterocycles. The quantitative estimate of drug-likeness (QED) is 0.490. The predicted molar refractivity (Wildman–Crippen MR) is 130 cm³/mol. The molecule has 0 aliphatic carbocycles. The number of benzene rings is 1. The number of aliphatic carboxylic acids is 1. The molecule has 1 unspecified atom stereocenters. The van der Waals surface area contributed by atoms with Crippen molar-refractivity contribution < 1.29 is 20.1 Å². The summed E-state index contributed by atoms with van der Waals surface area (Å²) in [5, 5.41) is 35.9. The highest BCUT2D eigenvalue weighted by molar-refractivity contribution is 8.15. The molecule has 7 nitrogen and oxygen atoms in total. The van der Waals surface area contributed by atoms with Crippen LogP contribution in [0.15, 0.2) is 34.3 Å². The Kier molecular flexibility index (Phi) is 6.39. The van der Waals surface area contributed by atoms with E-state index in [9.17, 15) is 20.1 Å². The van der Waals surface area contributed by atoms with E-state index in [1.807, 2.05) is 26.0 Å². The van der Waals surface area contributed by atoms with Gasteiger partial charge < -0.3 is 15.3 Å². The zero-order valence-corrected chi connectivity index (χ0v) is 20.1. The molecule has 0 bridgehead atoms. The maximum atomic E-state index is 11.5. The van der Waals surface area contributed by atoms with E-state index in [1.165, 1.54) is 11.8 Å². The van der Waals surface area contributed by atoms with Gasteiger partial charge >= 0.3 is 5.97 Å². The molecule has 0 spiro atoms. The summed E-state index contributed by atoms with van der Waals surface area (Å²) >= 11 is 4.81. The smallest absolute Gasteiger partial charge is 0.332 e. The van der Waals surface area contributed by atoms with E-state index in [1.54, 1.807) is 42.6 Å². The lowest BCUT2D eigenvalue weighted by Gasteiger charge is -2.34. The summed E-state index contributed by atoms with van der Waals surface area (Å²) in [5.41, 5.74) is -1.03. The summed E-state index contributed by atoms with van der Waals surface area (Å²) in [4.78, 5) is 20.8. The monoisotopic (exact) mass is 481 g/mol. The predicted octanol–water partition coefficient (Wildman–Crippen LogP) is 2.66. The minimum absolute atomic E-state index is 0.0541. The van der Waals surface area contributed by atoms with E-state index in [0.717, 1.165) is 22.1 Å². The van der Waals surface area contributed by atoms with Gasteiger partial charge in [-0.15, -0.1) is 35.3 Å². The average Bonchev–Trinajstić information content (AvgIpc) is 3.47. The molecule has 5 atom stereocenters. The lowest BCUT2D eigenvalue weighted by atomic mass is 9.83. The fraction of sp³-hybridized carbons (Fsp3) is 0.571. The van der Waals surface area contributed by atoms with Crippen molar-refractivity contribution in [3.63, 3.8) is 0 Å². The summed E-state index contributed by atoms with van der Waals surface area (Å²) in [5.74, 6) is 1.24. The molecule has 1 aromatic rings. The van der Waals surface area contributed by atoms with Crippen LogP contribution in [0.4, 0.5) is 0 Å². The molecule has 1 aromatic carbocycles. The Hall–Kier alpha value is -1.20. The van der Waals surface area contributed by atoms with Crippen molar-refractivity contribution in [2.75, 3.05) is 17.3 Å². The van der Waals surface area contributed by atoms with E-state index < -0.39 is 23.0 Å². The number of carbonyl (C=O) groups is 1. The topological polar surface area (TPSA) is 115 Å². The van der Waals surface area contributed by atoms with E-state index in [0.29, 0.717) is 10.8 Å². The lowest BCUT2D eigenvalue weighted by molar-refractivity contribution is -0.141. The molecule has 168 valence electrons. The standard InChI is InChI=1S/C21H27N3O4S3/c1-20(2,18-24-21(3,10-31-18)19(27)28)15(26)12-8-30-17(22-12)13-9-29-16(23-13)11-6-4-5-7-14(11)25/h4-7,12-13,15,17,22,25-26H,8-10H2,1-3H3,(H,27,28)/t12-,13-,15-,17?,21-/m1/s1. The Morgan fingerprint density at radius 1 is 1.29 bits per heavy atom. The molecular weight excluding hydrogens is 454 g/mol. The number of carboxylic acid groups (broad SMARTS) is 1. The molecule has 4 N–H and O–H groups in total. The maximum absolute atomic E-state index is 11.5. The summed E-state index contributed by atoms with van der Waals surface area (Å²) in [7, 11) is 0. The normalized spacial score (nSPS) is 32.1. The van der Waals surface area contributed by atoms with Crippen LogP contribution in [0.25, 0.3) is 0 Å². The van der Waals surface area contributed by atoms with Crippen LogP contribution in [-0.2, 0) is 4.79 Å². The van der Waals surface area contributed by atoms with Crippen LogP contribution in [0.3, 0.4) is 0 Å². The third kappa shape index (κ3) is 4.37. The number of thioether (sulfide) groups is 3. The number of aromatic hydroxyl groups is 1. The summed E-state index contributed by atoms with van der Waals surface area (Å²) in [6.07, 6.45) is -0.705. The van der Waals surface area contributed by atoms with Gasteiger partial charge in [0.2, 0.25) is 0 Å². The van der Waals surface area contributed by atoms with Crippen molar-refractivity contribution in [1.82, 2.24) is 5.32 Å². The van der Waals surface area contributed by atoms with Gasteiger partial charge in [0.05, 0.1) is 22.6 Å². The fourth-order valence-electron chi connectivity index (χ4n) is 3.83. The van der Waals surface area contributed by atoms with Gasteiger partial charge in [-0.3, -0.25) is 15.3 Å². The second-order valence-corrected chi connectivity index (χ2v) is 12.0. The molecular formula is C21H27N3O4S3. The third-order valence-corrected chi connectivity index (χ3v) is 10.0. The molecule has 3 aliphatic heterocycles. The van der Waals surface area contributed by atoms with Gasteiger partial charge in [0, 0.05) is 34.3 Å². The highest BCUT2D eigenvalue weighted by Gasteiger charge is 2.48. The number of rotatable bonds is 6. The van der Waals surface area contributed by atoms with Gasteiger partial charge in [0.25, 0.3) is 0 Å². The molecule has 1 fully saturated rings. The number of hydrogen-bond donors (Lipinski definition) is 4. The minimum Gasteiger partial charge on any atom is -0.507 e. The zero-order valence-electron chi connectivity index (χ0n) is 17.6. The Morgan fingerprint density at radius 3 is 2.71 bits per heavy atom. The Balaban J connectivity index is 1.43. The molecule has 0 saturated carbocycles. The van der Waals surface area contributed by atoms with Crippen molar-refractivity contribution >= 4 is 51.3 Å². The van der Waals surface area contributed by atoms with Gasteiger partial charge in [-0.25, -0.2) is 4.79 Å². The van der Waals surface area contributed by atoms with Crippen LogP contribution in [0.5, 0.6) is 5.75 Å². The van der Waals surface area contributed by atoms with Crippen molar-refractivity contribution in [2.45, 2.75) is 49.9 Å². The number of hydrogen-bond acceptors (Lipinski definition) is 9. The first-order valence-corrected chi connectivity index (χ1v) is 13.1. The van der Waals surface area contributed by atoms with Gasteiger partial charge in [0.1, 0.15) is 10.8 Å². The number of aliphatic imine (C=N–C) groups is 2. The number of nitrogens with zero attached hydrogens (tertiary/aromatic N) is 2. The average molecular weight is 482 g/mol. The van der Waals surface area contributed by atoms with Gasteiger partial charge in [-0.1, -0.05) is 26.0 Å². The number of aliphatic hydroxyl groups is 1. The van der Waals surface area contributed by atoms with Gasteiger partial charge in [-0.05, 0) is 19.1 Å². The van der Waals surface area contributed by atoms with E-state index >= 15 is 0 Å². The number of phenols is 1. The van der Waals surface area contributed by atoms with Crippen LogP contribution in [0.1, 0.15) is 26.3 Å². The molecule has 10 heteroatoms. The van der Waals surface area contributed by atoms with Crippen LogP contribution in [0, 0.1) is 5.41 Å². The first-order chi connectivity index (χ1) is 14.6. The molecule has 31 heavy (non-hydrogen) atoms. The SMILES string of the molecule is CC(C)(C1=N[C@@](C)(C(=O)O)CS1)[C@H](O)[C@H]1CSC([C@H]2CSC(c3ccccc3O)=N2)N1. The number of nitrogens with one attached hydrogen (secondary N) is 1. The van der Waals surface area contributed by atoms with Crippen molar-refractivity contribution in [3.8, 4) is 5.75 Å². The Bertz CT molecular complexity index is 938. The van der Waals surface area contributed by atoms with Crippen LogP contribution < -0.4 is 5.32 Å². The number of phenolic OH excluding ortho intramolecular Hbond substituents is 1. The second kappa shape index (κ2) is 8.62. The summed E-state index contributed by atoms with van der Waals surface area (Å²) < 4.78 is 0. The van der Waals surface area contributed by atoms with Gasteiger partial charge in [-0.2, -0.15) is 0 Å². The van der Waals surface area contributed by atoms with Crippen molar-refractivity contribution in [1.29, 1.82) is 0 Å². The number of para-hydroxylation sites is 1. The Morgan fingerprint density at radius 2 is 2.03 bits per heavy atom. The van der Waals surface area contributed by atoms with E-state index in [4.69, 9.17) is 4.99 Å². The first-order valence-electron chi connectivity index (χ1n) is 10.1. The molecule has 0 aromatic heterocycles. The number of carboxylic acids is 1. The molecule has 3 aliphatic rings. The number of aliphatic hydroxyl groups excluding tert-OH is 1. The minimum atomic E-state index is -1.13. The Labute approximate surface area is 194 Å². The molecule has 4 rings (SSSR count). The molecule has 0 amide bonds. The summed E-state index contributed by atoms with van der Waals surface area (Å²) in [6.45, 7) is 5.47. The zero-order chi connectivity index (χ0) is 22.4. The highest BCUT2D eigenvalue weighted by Crippen LogP contribution is 2.41. The maximum Gasteiger partial charge on any atom is 0.332 e. The van der Waals surface area contributed by atoms with Crippen molar-refractivity contribution in [3.05, 3.63) is 29.8 Å². The van der Waals surface area contributed by atoms with Crippen molar-refractivity contribution in [2.24, 2.45) is 15.4 Å². The second-order valence-electron chi connectivity index (χ2n) is 8.81. The fourth-order valence-corrected chi connectivity index (χ4v) is 7.80. The van der Waals surface area contributed by atoms with Gasteiger partial charge in [0.15, 0.2) is 5.54 Å². The third-order valence-electron chi connectivity index (χ3n) is 5.96. The van der Waals surface area contributed by atoms with E-state index in [-0.39, 0.29) is 23.2 Å². The molecule has 1 saturated heterocycles. The summed E-state index contributed by atoms with van der Waals surface area (Å²) in [6, 6.07) is 7.14. The molecule has 0 radical (unpaired) electrons. The lowest BCUT2D eigenvalue weighted by Crippen LogP contribution is -2.51. The van der Waals surface area contributed by atoms with Crippen LogP contribution in [-0.4, -0.2) is 77.7 Å². The van der Waals surface area contributed by atoms with Crippen LogP contribution in [0.2, 0.25) is 0 Å². The first kappa shape index (κ1) is 23.0. The highest BCUT2D eigenvalue weighted by atomic mass is 32.2. The van der Waals surface area contributed by atoms with E-state index in [2.05, 4.69) is 10.3 Å². The largest absolute Gasteiger partial charge is 0.507 e.